The van der Waals surface area contributed by atoms with E-state index in [1.54, 1.807) is 18.0 Å². The van der Waals surface area contributed by atoms with E-state index >= 15 is 0 Å². The van der Waals surface area contributed by atoms with Gasteiger partial charge in [-0.15, -0.1) is 11.8 Å². The molecule has 1 aliphatic rings. The monoisotopic (exact) mass is 332 g/mol. The molecule has 2 heterocycles. The summed E-state index contributed by atoms with van der Waals surface area (Å²) in [6.45, 7) is 0.433. The van der Waals surface area contributed by atoms with E-state index in [0.29, 0.717) is 12.3 Å². The first-order valence-corrected chi connectivity index (χ1v) is 8.39. The minimum atomic E-state index is -0.462. The standard InChI is InChI=1S/C16H20N4O2S/c1-19(2)16-18-9-11(20(16)3)8-17-15(21)13-10-23-14-7-5-4-6-12(14)22-13/h4-7,9,13H,8,10H2,1-3H3,(H,17,21)/t13-/m0/s1. The molecule has 0 bridgehead atoms. The number of fused-ring (bicyclic) bond motifs is 1. The molecule has 0 spiro atoms. The van der Waals surface area contributed by atoms with E-state index in [-0.39, 0.29) is 5.91 Å². The lowest BCUT2D eigenvalue weighted by molar-refractivity contribution is -0.127. The number of imidazole rings is 1. The number of thioether (sulfide) groups is 1. The van der Waals surface area contributed by atoms with Crippen molar-refractivity contribution in [1.29, 1.82) is 0 Å². The smallest absolute Gasteiger partial charge is 0.262 e. The second-order valence-electron chi connectivity index (χ2n) is 5.59. The number of anilines is 1. The fraction of sp³-hybridized carbons (Fsp3) is 0.375. The molecule has 1 aromatic heterocycles. The van der Waals surface area contributed by atoms with Crippen LogP contribution in [-0.4, -0.2) is 41.4 Å². The van der Waals surface area contributed by atoms with Crippen LogP contribution in [0.25, 0.3) is 0 Å². The number of ether oxygens (including phenoxy) is 1. The molecule has 0 aliphatic carbocycles. The Bertz CT molecular complexity index is 714. The van der Waals surface area contributed by atoms with E-state index < -0.39 is 6.10 Å². The Hall–Kier alpha value is -2.15. The second kappa shape index (κ2) is 6.54. The average molecular weight is 332 g/mol. The highest BCUT2D eigenvalue weighted by Crippen LogP contribution is 2.34. The van der Waals surface area contributed by atoms with Gasteiger partial charge in [-0.1, -0.05) is 12.1 Å². The van der Waals surface area contributed by atoms with Crippen LogP contribution < -0.4 is 15.0 Å². The normalized spacial score (nSPS) is 16.4. The van der Waals surface area contributed by atoms with Crippen LogP contribution in [0.15, 0.2) is 35.4 Å². The van der Waals surface area contributed by atoms with Crippen LogP contribution in [0, 0.1) is 0 Å². The van der Waals surface area contributed by atoms with Crippen LogP contribution in [0.4, 0.5) is 5.95 Å². The minimum Gasteiger partial charge on any atom is -0.479 e. The Labute approximate surface area is 139 Å². The maximum Gasteiger partial charge on any atom is 0.262 e. The predicted molar refractivity (Wildman–Crippen MR) is 91.0 cm³/mol. The first kappa shape index (κ1) is 15.7. The summed E-state index contributed by atoms with van der Waals surface area (Å²) in [5.74, 6) is 2.16. The fourth-order valence-electron chi connectivity index (χ4n) is 2.45. The van der Waals surface area contributed by atoms with Crippen LogP contribution >= 0.6 is 11.8 Å². The molecule has 23 heavy (non-hydrogen) atoms. The van der Waals surface area contributed by atoms with Crippen molar-refractivity contribution in [3.8, 4) is 5.75 Å². The van der Waals surface area contributed by atoms with Crippen LogP contribution in [0.1, 0.15) is 5.69 Å². The summed E-state index contributed by atoms with van der Waals surface area (Å²) in [6.07, 6.45) is 1.32. The quantitative estimate of drug-likeness (QED) is 0.923. The van der Waals surface area contributed by atoms with Gasteiger partial charge in [-0.25, -0.2) is 4.98 Å². The summed E-state index contributed by atoms with van der Waals surface area (Å²) in [5, 5.41) is 2.94. The van der Waals surface area contributed by atoms with Crippen molar-refractivity contribution in [2.75, 3.05) is 24.7 Å². The highest BCUT2D eigenvalue weighted by atomic mass is 32.2. The lowest BCUT2D eigenvalue weighted by Crippen LogP contribution is -2.41. The highest BCUT2D eigenvalue weighted by molar-refractivity contribution is 7.99. The molecule has 0 unspecified atom stereocenters. The average Bonchev–Trinajstić information content (AvgIpc) is 2.93. The molecule has 7 heteroatoms. The third-order valence-electron chi connectivity index (χ3n) is 3.70. The van der Waals surface area contributed by atoms with Crippen molar-refractivity contribution < 1.29 is 9.53 Å². The van der Waals surface area contributed by atoms with Gasteiger partial charge in [-0.3, -0.25) is 4.79 Å². The number of amides is 1. The van der Waals surface area contributed by atoms with Gasteiger partial charge in [0.1, 0.15) is 5.75 Å². The van der Waals surface area contributed by atoms with Gasteiger partial charge in [0.05, 0.1) is 18.4 Å². The molecule has 1 amide bonds. The molecule has 1 aliphatic heterocycles. The van der Waals surface area contributed by atoms with Crippen molar-refractivity contribution in [1.82, 2.24) is 14.9 Å². The molecule has 0 saturated carbocycles. The summed E-state index contributed by atoms with van der Waals surface area (Å²) >= 11 is 1.65. The number of hydrogen-bond donors (Lipinski definition) is 1. The van der Waals surface area contributed by atoms with E-state index in [0.717, 1.165) is 22.3 Å². The van der Waals surface area contributed by atoms with Gasteiger partial charge in [-0.05, 0) is 12.1 Å². The third-order valence-corrected chi connectivity index (χ3v) is 4.82. The molecule has 0 radical (unpaired) electrons. The number of hydrogen-bond acceptors (Lipinski definition) is 5. The van der Waals surface area contributed by atoms with Gasteiger partial charge in [0.25, 0.3) is 5.91 Å². The summed E-state index contributed by atoms with van der Waals surface area (Å²) < 4.78 is 7.76. The minimum absolute atomic E-state index is 0.0976. The molecule has 1 aromatic carbocycles. The van der Waals surface area contributed by atoms with Crippen molar-refractivity contribution in [2.24, 2.45) is 7.05 Å². The SMILES string of the molecule is CN(C)c1ncc(CNC(=O)[C@@H]2CSc3ccccc3O2)n1C. The zero-order valence-electron chi connectivity index (χ0n) is 13.4. The van der Waals surface area contributed by atoms with Crippen molar-refractivity contribution in [2.45, 2.75) is 17.5 Å². The van der Waals surface area contributed by atoms with Crippen molar-refractivity contribution in [3.63, 3.8) is 0 Å². The Morgan fingerprint density at radius 1 is 1.48 bits per heavy atom. The number of nitrogens with one attached hydrogen (secondary N) is 1. The van der Waals surface area contributed by atoms with Gasteiger partial charge >= 0.3 is 0 Å². The number of carbonyl (C=O) groups excluding carboxylic acids is 1. The topological polar surface area (TPSA) is 59.4 Å². The maximum atomic E-state index is 12.3. The van der Waals surface area contributed by atoms with Gasteiger partial charge in [-0.2, -0.15) is 0 Å². The second-order valence-corrected chi connectivity index (χ2v) is 6.65. The van der Waals surface area contributed by atoms with Crippen LogP contribution in [0.2, 0.25) is 0 Å². The van der Waals surface area contributed by atoms with Crippen LogP contribution in [-0.2, 0) is 18.4 Å². The third kappa shape index (κ3) is 3.29. The predicted octanol–water partition coefficient (Wildman–Crippen LogP) is 1.66. The van der Waals surface area contributed by atoms with Crippen molar-refractivity contribution >= 4 is 23.6 Å². The Morgan fingerprint density at radius 2 is 2.26 bits per heavy atom. The molecule has 122 valence electrons. The first-order chi connectivity index (χ1) is 11.1. The van der Waals surface area contributed by atoms with E-state index in [1.807, 2.05) is 54.9 Å². The number of carbonyl (C=O) groups is 1. The van der Waals surface area contributed by atoms with E-state index in [1.165, 1.54) is 0 Å². The lowest BCUT2D eigenvalue weighted by Gasteiger charge is -2.24. The zero-order valence-corrected chi connectivity index (χ0v) is 14.3. The van der Waals surface area contributed by atoms with Gasteiger partial charge in [0, 0.05) is 31.8 Å². The Balaban J connectivity index is 1.60. The fourth-order valence-corrected chi connectivity index (χ4v) is 3.44. The van der Waals surface area contributed by atoms with Gasteiger partial charge in [0.2, 0.25) is 5.95 Å². The van der Waals surface area contributed by atoms with E-state index in [9.17, 15) is 4.79 Å². The number of para-hydroxylation sites is 1. The highest BCUT2D eigenvalue weighted by Gasteiger charge is 2.26. The number of rotatable bonds is 4. The zero-order chi connectivity index (χ0) is 16.4. The molecule has 0 saturated heterocycles. The van der Waals surface area contributed by atoms with Gasteiger partial charge in [0.15, 0.2) is 6.10 Å². The summed E-state index contributed by atoms with van der Waals surface area (Å²) in [4.78, 5) is 19.7. The molecule has 1 atom stereocenters. The summed E-state index contributed by atoms with van der Waals surface area (Å²) in [5.41, 5.74) is 0.950. The number of aromatic nitrogens is 2. The Morgan fingerprint density at radius 3 is 3.00 bits per heavy atom. The lowest BCUT2D eigenvalue weighted by atomic mass is 10.3. The first-order valence-electron chi connectivity index (χ1n) is 7.40. The summed E-state index contributed by atoms with van der Waals surface area (Å²) in [6, 6.07) is 7.79. The van der Waals surface area contributed by atoms with Gasteiger partial charge < -0.3 is 19.5 Å². The van der Waals surface area contributed by atoms with E-state index in [4.69, 9.17) is 4.74 Å². The van der Waals surface area contributed by atoms with Crippen LogP contribution in [0.3, 0.4) is 0 Å². The maximum absolute atomic E-state index is 12.3. The molecule has 1 N–H and O–H groups in total. The molecular weight excluding hydrogens is 312 g/mol. The largest absolute Gasteiger partial charge is 0.479 e. The van der Waals surface area contributed by atoms with E-state index in [2.05, 4.69) is 10.3 Å². The molecular formula is C16H20N4O2S. The molecule has 6 nitrogen and oxygen atoms in total. The Kier molecular flexibility index (Phi) is 4.47. The molecule has 0 fully saturated rings. The van der Waals surface area contributed by atoms with Crippen LogP contribution in [0.5, 0.6) is 5.75 Å². The molecule has 2 aromatic rings. The summed E-state index contributed by atoms with van der Waals surface area (Å²) in [7, 11) is 5.82. The number of benzene rings is 1. The van der Waals surface area contributed by atoms with Crippen molar-refractivity contribution in [3.05, 3.63) is 36.2 Å². The number of nitrogens with zero attached hydrogens (tertiary/aromatic N) is 3. The molecule has 3 rings (SSSR count).